The third kappa shape index (κ3) is 4.03. The second-order valence-corrected chi connectivity index (χ2v) is 9.43. The molecule has 29 heavy (non-hydrogen) atoms. The molecule has 1 heterocycles. The van der Waals surface area contributed by atoms with Crippen LogP contribution in [0.4, 0.5) is 0 Å². The van der Waals surface area contributed by atoms with E-state index < -0.39 is 15.6 Å². The summed E-state index contributed by atoms with van der Waals surface area (Å²) in [4.78, 5) is 13.1. The molecule has 0 amide bonds. The SMILES string of the molecule is CCn1ncc(C(=O)c2ccc(S(C)(=O)=O)c(-c3cc(Cl)cc(Cl)c3)c2C)c1O. The summed E-state index contributed by atoms with van der Waals surface area (Å²) < 4.78 is 26.1. The highest BCUT2D eigenvalue weighted by atomic mass is 35.5. The average molecular weight is 453 g/mol. The van der Waals surface area contributed by atoms with E-state index in [4.69, 9.17) is 23.2 Å². The number of hydrogen-bond acceptors (Lipinski definition) is 5. The molecule has 9 heteroatoms. The van der Waals surface area contributed by atoms with Gasteiger partial charge in [0.1, 0.15) is 5.56 Å². The Morgan fingerprint density at radius 2 is 1.76 bits per heavy atom. The summed E-state index contributed by atoms with van der Waals surface area (Å²) in [6.45, 7) is 3.83. The van der Waals surface area contributed by atoms with Crippen LogP contribution in [0, 0.1) is 6.92 Å². The lowest BCUT2D eigenvalue weighted by Gasteiger charge is -2.16. The Labute approximate surface area is 178 Å². The maximum Gasteiger partial charge on any atom is 0.220 e. The number of ketones is 1. The molecule has 2 aromatic carbocycles. The minimum atomic E-state index is -3.61. The normalized spacial score (nSPS) is 11.6. The van der Waals surface area contributed by atoms with Gasteiger partial charge in [-0.2, -0.15) is 5.10 Å². The Bertz CT molecular complexity index is 1210. The van der Waals surface area contributed by atoms with E-state index in [1.165, 1.54) is 29.1 Å². The van der Waals surface area contributed by atoms with Crippen molar-refractivity contribution in [2.24, 2.45) is 0 Å². The van der Waals surface area contributed by atoms with Crippen molar-refractivity contribution in [2.75, 3.05) is 6.26 Å². The van der Waals surface area contributed by atoms with Crippen molar-refractivity contribution in [2.45, 2.75) is 25.3 Å². The number of benzene rings is 2. The molecule has 0 unspecified atom stereocenters. The molecular formula is C20H18Cl2N2O4S. The van der Waals surface area contributed by atoms with Crippen LogP contribution in [0.25, 0.3) is 11.1 Å². The number of hydrogen-bond donors (Lipinski definition) is 1. The molecule has 1 N–H and O–H groups in total. The van der Waals surface area contributed by atoms with Gasteiger partial charge in [-0.3, -0.25) is 4.79 Å². The fraction of sp³-hybridized carbons (Fsp3) is 0.200. The number of carbonyl (C=O) groups excluding carboxylic acids is 1. The zero-order valence-electron chi connectivity index (χ0n) is 15.9. The Morgan fingerprint density at radius 3 is 2.28 bits per heavy atom. The highest BCUT2D eigenvalue weighted by Crippen LogP contribution is 2.37. The first kappa shape index (κ1) is 21.4. The van der Waals surface area contributed by atoms with Crippen LogP contribution in [-0.2, 0) is 16.4 Å². The molecule has 3 rings (SSSR count). The number of halogens is 2. The van der Waals surface area contributed by atoms with Crippen LogP contribution >= 0.6 is 23.2 Å². The van der Waals surface area contributed by atoms with Crippen LogP contribution in [-0.4, -0.2) is 35.3 Å². The van der Waals surface area contributed by atoms with Crippen molar-refractivity contribution in [3.63, 3.8) is 0 Å². The van der Waals surface area contributed by atoms with E-state index in [2.05, 4.69) is 5.10 Å². The Morgan fingerprint density at radius 1 is 1.14 bits per heavy atom. The summed E-state index contributed by atoms with van der Waals surface area (Å²) in [6.07, 6.45) is 2.39. The van der Waals surface area contributed by atoms with Crippen LogP contribution in [0.1, 0.15) is 28.4 Å². The summed E-state index contributed by atoms with van der Waals surface area (Å²) in [7, 11) is -3.61. The van der Waals surface area contributed by atoms with Gasteiger partial charge in [0, 0.05) is 34.0 Å². The minimum Gasteiger partial charge on any atom is -0.493 e. The molecule has 0 saturated carbocycles. The van der Waals surface area contributed by atoms with E-state index >= 15 is 0 Å². The van der Waals surface area contributed by atoms with Crippen molar-refractivity contribution in [1.29, 1.82) is 0 Å². The Hall–Kier alpha value is -2.35. The van der Waals surface area contributed by atoms with Gasteiger partial charge >= 0.3 is 0 Å². The summed E-state index contributed by atoms with van der Waals surface area (Å²) >= 11 is 12.2. The lowest BCUT2D eigenvalue weighted by Crippen LogP contribution is -2.09. The number of aromatic hydroxyl groups is 1. The highest BCUT2D eigenvalue weighted by Gasteiger charge is 2.25. The zero-order chi connectivity index (χ0) is 21.5. The maximum atomic E-state index is 13.1. The molecule has 0 bridgehead atoms. The van der Waals surface area contributed by atoms with Gasteiger partial charge in [0.15, 0.2) is 15.6 Å². The zero-order valence-corrected chi connectivity index (χ0v) is 18.2. The minimum absolute atomic E-state index is 0.0390. The van der Waals surface area contributed by atoms with E-state index in [9.17, 15) is 18.3 Å². The van der Waals surface area contributed by atoms with Gasteiger partial charge in [-0.05, 0) is 55.3 Å². The lowest BCUT2D eigenvalue weighted by atomic mass is 9.93. The fourth-order valence-electron chi connectivity index (χ4n) is 3.21. The van der Waals surface area contributed by atoms with Crippen LogP contribution < -0.4 is 0 Å². The smallest absolute Gasteiger partial charge is 0.220 e. The maximum absolute atomic E-state index is 13.1. The number of nitrogens with zero attached hydrogens (tertiary/aromatic N) is 2. The number of aromatic nitrogens is 2. The molecule has 0 aliphatic rings. The molecular weight excluding hydrogens is 435 g/mol. The molecule has 6 nitrogen and oxygen atoms in total. The molecule has 0 saturated heterocycles. The number of carbonyl (C=O) groups is 1. The van der Waals surface area contributed by atoms with Gasteiger partial charge < -0.3 is 5.11 Å². The van der Waals surface area contributed by atoms with Crippen molar-refractivity contribution >= 4 is 38.8 Å². The van der Waals surface area contributed by atoms with Gasteiger partial charge in [0.2, 0.25) is 5.88 Å². The fourth-order valence-corrected chi connectivity index (χ4v) is 4.70. The first-order chi connectivity index (χ1) is 13.5. The van der Waals surface area contributed by atoms with Gasteiger partial charge in [0.25, 0.3) is 0 Å². The second-order valence-electron chi connectivity index (χ2n) is 6.57. The largest absolute Gasteiger partial charge is 0.493 e. The van der Waals surface area contributed by atoms with Gasteiger partial charge in [-0.1, -0.05) is 23.2 Å². The second kappa shape index (κ2) is 7.82. The Kier molecular flexibility index (Phi) is 5.76. The molecule has 0 aliphatic carbocycles. The summed E-state index contributed by atoms with van der Waals surface area (Å²) in [6, 6.07) is 7.53. The average Bonchev–Trinajstić information content (AvgIpc) is 2.99. The summed E-state index contributed by atoms with van der Waals surface area (Å²) in [5.74, 6) is -0.703. The van der Waals surface area contributed by atoms with E-state index in [-0.39, 0.29) is 21.9 Å². The van der Waals surface area contributed by atoms with E-state index in [1.54, 1.807) is 26.0 Å². The monoisotopic (exact) mass is 452 g/mol. The van der Waals surface area contributed by atoms with Gasteiger partial charge in [-0.25, -0.2) is 13.1 Å². The summed E-state index contributed by atoms with van der Waals surface area (Å²) in [5, 5.41) is 14.9. The van der Waals surface area contributed by atoms with Gasteiger partial charge in [-0.15, -0.1) is 0 Å². The van der Waals surface area contributed by atoms with E-state index in [0.717, 1.165) is 6.26 Å². The van der Waals surface area contributed by atoms with Crippen molar-refractivity contribution in [3.8, 4) is 17.0 Å². The molecule has 152 valence electrons. The predicted molar refractivity (Wildman–Crippen MR) is 113 cm³/mol. The molecule has 0 fully saturated rings. The van der Waals surface area contributed by atoms with Crippen LogP contribution in [0.2, 0.25) is 10.0 Å². The number of sulfone groups is 1. The Balaban J connectivity index is 2.29. The van der Waals surface area contributed by atoms with Crippen molar-refractivity contribution in [1.82, 2.24) is 9.78 Å². The standard InChI is InChI=1S/C20H18Cl2N2O4S/c1-4-24-20(26)16(10-23-24)19(25)15-5-6-17(29(3,27)28)18(11(15)2)12-7-13(21)9-14(22)8-12/h5-10,26H,4H2,1-3H3. The molecule has 0 atom stereocenters. The quantitative estimate of drug-likeness (QED) is 0.574. The van der Waals surface area contributed by atoms with Crippen LogP contribution in [0.3, 0.4) is 0 Å². The third-order valence-electron chi connectivity index (χ3n) is 4.58. The first-order valence-corrected chi connectivity index (χ1v) is 11.3. The van der Waals surface area contributed by atoms with Crippen molar-refractivity contribution < 1.29 is 18.3 Å². The topological polar surface area (TPSA) is 89.3 Å². The third-order valence-corrected chi connectivity index (χ3v) is 6.15. The van der Waals surface area contributed by atoms with E-state index in [1.807, 2.05) is 0 Å². The van der Waals surface area contributed by atoms with E-state index in [0.29, 0.717) is 33.3 Å². The molecule has 0 radical (unpaired) electrons. The molecule has 1 aromatic heterocycles. The predicted octanol–water partition coefficient (Wildman–Crippen LogP) is 4.53. The first-order valence-electron chi connectivity index (χ1n) is 8.64. The van der Waals surface area contributed by atoms with Crippen molar-refractivity contribution in [3.05, 3.63) is 63.3 Å². The summed E-state index contributed by atoms with van der Waals surface area (Å²) in [5.41, 5.74) is 1.53. The number of rotatable bonds is 5. The van der Waals surface area contributed by atoms with Gasteiger partial charge in [0.05, 0.1) is 11.1 Å². The molecule has 3 aromatic rings. The number of aryl methyl sites for hydroxylation is 1. The highest BCUT2D eigenvalue weighted by molar-refractivity contribution is 7.90. The van der Waals surface area contributed by atoms with Crippen LogP contribution in [0.5, 0.6) is 5.88 Å². The lowest BCUT2D eigenvalue weighted by molar-refractivity contribution is 0.103. The van der Waals surface area contributed by atoms with Crippen LogP contribution in [0.15, 0.2) is 41.4 Å². The molecule has 0 aliphatic heterocycles. The molecule has 0 spiro atoms.